The van der Waals surface area contributed by atoms with Crippen molar-refractivity contribution in [1.29, 1.82) is 0 Å². The van der Waals surface area contributed by atoms with Gasteiger partial charge in [0.25, 0.3) is 0 Å². The van der Waals surface area contributed by atoms with Crippen LogP contribution in [0.15, 0.2) is 24.4 Å². The number of anilines is 1. The molecule has 0 bridgehead atoms. The lowest BCUT2D eigenvalue weighted by Gasteiger charge is -2.03. The standard InChI is InChI=1S/C12H11ClFN3O/c1-17-12(15)8(6-16-17)10(18)5-7-3-2-4-9(13)11(7)14/h2-4,6H,5,15H2,1H3. The molecule has 0 aliphatic carbocycles. The predicted octanol–water partition coefficient (Wildman–Crippen LogP) is 2.22. The number of benzene rings is 1. The maximum atomic E-state index is 13.6. The van der Waals surface area contributed by atoms with E-state index in [1.54, 1.807) is 13.1 Å². The molecule has 94 valence electrons. The second-order valence-electron chi connectivity index (χ2n) is 3.88. The van der Waals surface area contributed by atoms with Crippen molar-refractivity contribution in [2.75, 3.05) is 5.73 Å². The summed E-state index contributed by atoms with van der Waals surface area (Å²) in [7, 11) is 1.63. The smallest absolute Gasteiger partial charge is 0.172 e. The lowest BCUT2D eigenvalue weighted by Crippen LogP contribution is -2.08. The zero-order chi connectivity index (χ0) is 13.3. The lowest BCUT2D eigenvalue weighted by molar-refractivity contribution is 0.0992. The average Bonchev–Trinajstić information content (AvgIpc) is 2.66. The van der Waals surface area contributed by atoms with Crippen molar-refractivity contribution in [2.45, 2.75) is 6.42 Å². The number of ketones is 1. The van der Waals surface area contributed by atoms with Crippen LogP contribution in [0.5, 0.6) is 0 Å². The van der Waals surface area contributed by atoms with Gasteiger partial charge < -0.3 is 5.73 Å². The summed E-state index contributed by atoms with van der Waals surface area (Å²) in [6.07, 6.45) is 1.28. The van der Waals surface area contributed by atoms with Gasteiger partial charge in [0.2, 0.25) is 0 Å². The molecule has 0 saturated heterocycles. The molecule has 0 radical (unpaired) electrons. The van der Waals surface area contributed by atoms with Gasteiger partial charge in [-0.1, -0.05) is 23.7 Å². The fourth-order valence-electron chi connectivity index (χ4n) is 1.62. The van der Waals surface area contributed by atoms with Gasteiger partial charge in [-0.25, -0.2) is 4.39 Å². The average molecular weight is 268 g/mol. The number of halogens is 2. The minimum atomic E-state index is -0.574. The minimum Gasteiger partial charge on any atom is -0.383 e. The first-order valence-electron chi connectivity index (χ1n) is 5.24. The zero-order valence-electron chi connectivity index (χ0n) is 9.65. The van der Waals surface area contributed by atoms with Crippen molar-refractivity contribution >= 4 is 23.2 Å². The van der Waals surface area contributed by atoms with Crippen LogP contribution in [0.25, 0.3) is 0 Å². The molecule has 18 heavy (non-hydrogen) atoms. The van der Waals surface area contributed by atoms with Gasteiger partial charge in [-0.15, -0.1) is 0 Å². The molecule has 0 unspecified atom stereocenters. The predicted molar refractivity (Wildman–Crippen MR) is 67.1 cm³/mol. The largest absolute Gasteiger partial charge is 0.383 e. The highest BCUT2D eigenvalue weighted by Gasteiger charge is 2.16. The molecule has 0 aliphatic rings. The van der Waals surface area contributed by atoms with Gasteiger partial charge in [-0.05, 0) is 11.6 Å². The Balaban J connectivity index is 2.27. The van der Waals surface area contributed by atoms with Gasteiger partial charge in [0, 0.05) is 13.5 Å². The lowest BCUT2D eigenvalue weighted by atomic mass is 10.0. The monoisotopic (exact) mass is 267 g/mol. The Kier molecular flexibility index (Phi) is 3.34. The van der Waals surface area contributed by atoms with Crippen molar-refractivity contribution in [3.8, 4) is 0 Å². The van der Waals surface area contributed by atoms with Crippen molar-refractivity contribution in [3.05, 3.63) is 46.4 Å². The van der Waals surface area contributed by atoms with E-state index >= 15 is 0 Å². The highest BCUT2D eigenvalue weighted by Crippen LogP contribution is 2.20. The van der Waals surface area contributed by atoms with Crippen LogP contribution in [0.1, 0.15) is 15.9 Å². The fourth-order valence-corrected chi connectivity index (χ4v) is 1.81. The van der Waals surface area contributed by atoms with Crippen molar-refractivity contribution in [1.82, 2.24) is 9.78 Å². The van der Waals surface area contributed by atoms with Gasteiger partial charge in [0.05, 0.1) is 16.8 Å². The Morgan fingerprint density at radius 2 is 2.28 bits per heavy atom. The van der Waals surface area contributed by atoms with Crippen LogP contribution >= 0.6 is 11.6 Å². The quantitative estimate of drug-likeness (QED) is 0.868. The number of hydrogen-bond acceptors (Lipinski definition) is 3. The SMILES string of the molecule is Cn1ncc(C(=O)Cc2cccc(Cl)c2F)c1N. The molecule has 2 rings (SSSR count). The number of hydrogen-bond donors (Lipinski definition) is 1. The topological polar surface area (TPSA) is 60.9 Å². The molecular weight excluding hydrogens is 257 g/mol. The fraction of sp³-hybridized carbons (Fsp3) is 0.167. The van der Waals surface area contributed by atoms with Gasteiger partial charge in [0.15, 0.2) is 5.78 Å². The van der Waals surface area contributed by atoms with E-state index in [9.17, 15) is 9.18 Å². The number of nitrogen functional groups attached to an aromatic ring is 1. The second-order valence-corrected chi connectivity index (χ2v) is 4.29. The zero-order valence-corrected chi connectivity index (χ0v) is 10.4. The van der Waals surface area contributed by atoms with Crippen molar-refractivity contribution < 1.29 is 9.18 Å². The van der Waals surface area contributed by atoms with E-state index in [4.69, 9.17) is 17.3 Å². The van der Waals surface area contributed by atoms with Crippen LogP contribution in [0.2, 0.25) is 5.02 Å². The van der Waals surface area contributed by atoms with Crippen LogP contribution in [0.3, 0.4) is 0 Å². The maximum Gasteiger partial charge on any atom is 0.172 e. The van der Waals surface area contributed by atoms with E-state index < -0.39 is 5.82 Å². The van der Waals surface area contributed by atoms with Crippen LogP contribution < -0.4 is 5.73 Å². The first-order chi connectivity index (χ1) is 8.50. The number of carbonyl (C=O) groups is 1. The summed E-state index contributed by atoms with van der Waals surface area (Å²) in [4.78, 5) is 12.0. The van der Waals surface area contributed by atoms with Crippen LogP contribution in [0, 0.1) is 5.82 Å². The molecule has 1 heterocycles. The van der Waals surface area contributed by atoms with E-state index in [1.165, 1.54) is 23.0 Å². The Morgan fingerprint density at radius 1 is 1.56 bits per heavy atom. The molecular formula is C12H11ClFN3O. The molecule has 0 aliphatic heterocycles. The van der Waals surface area contributed by atoms with Gasteiger partial charge in [-0.2, -0.15) is 5.10 Å². The second kappa shape index (κ2) is 4.78. The Morgan fingerprint density at radius 3 is 2.89 bits per heavy atom. The molecule has 0 spiro atoms. The third-order valence-corrected chi connectivity index (χ3v) is 2.96. The molecule has 6 heteroatoms. The highest BCUT2D eigenvalue weighted by molar-refractivity contribution is 6.30. The van der Waals surface area contributed by atoms with Gasteiger partial charge in [0.1, 0.15) is 11.6 Å². The number of carbonyl (C=O) groups excluding carboxylic acids is 1. The van der Waals surface area contributed by atoms with Crippen molar-refractivity contribution in [3.63, 3.8) is 0 Å². The summed E-state index contributed by atoms with van der Waals surface area (Å²) >= 11 is 5.65. The maximum absolute atomic E-state index is 13.6. The van der Waals surface area contributed by atoms with E-state index in [1.807, 2.05) is 0 Å². The molecule has 0 saturated carbocycles. The molecule has 1 aromatic heterocycles. The molecule has 0 fully saturated rings. The number of nitrogens with two attached hydrogens (primary N) is 1. The van der Waals surface area contributed by atoms with E-state index in [0.717, 1.165) is 0 Å². The molecule has 1 aromatic carbocycles. The number of aryl methyl sites for hydroxylation is 1. The Bertz CT molecular complexity index is 609. The summed E-state index contributed by atoms with van der Waals surface area (Å²) in [6.45, 7) is 0. The molecule has 2 N–H and O–H groups in total. The third-order valence-electron chi connectivity index (χ3n) is 2.67. The van der Waals surface area contributed by atoms with Crippen LogP contribution in [0.4, 0.5) is 10.2 Å². The Hall–Kier alpha value is -1.88. The summed E-state index contributed by atoms with van der Waals surface area (Å²) in [6, 6.07) is 4.55. The van der Waals surface area contributed by atoms with E-state index in [-0.39, 0.29) is 34.2 Å². The molecule has 0 atom stereocenters. The van der Waals surface area contributed by atoms with Crippen LogP contribution in [-0.2, 0) is 13.5 Å². The van der Waals surface area contributed by atoms with E-state index in [0.29, 0.717) is 0 Å². The number of Topliss-reactive ketones (excluding diaryl/α,β-unsaturated/α-hetero) is 1. The first kappa shape index (κ1) is 12.6. The summed E-state index contributed by atoms with van der Waals surface area (Å²) in [5, 5.41) is 3.87. The van der Waals surface area contributed by atoms with E-state index in [2.05, 4.69) is 5.10 Å². The van der Waals surface area contributed by atoms with Crippen molar-refractivity contribution in [2.24, 2.45) is 7.05 Å². The number of nitrogens with zero attached hydrogens (tertiary/aromatic N) is 2. The van der Waals surface area contributed by atoms with Gasteiger partial charge >= 0.3 is 0 Å². The normalized spacial score (nSPS) is 10.6. The minimum absolute atomic E-state index is 0.000501. The number of aromatic nitrogens is 2. The highest BCUT2D eigenvalue weighted by atomic mass is 35.5. The van der Waals surface area contributed by atoms with Gasteiger partial charge in [-0.3, -0.25) is 9.48 Å². The summed E-state index contributed by atoms with van der Waals surface area (Å²) in [5.41, 5.74) is 6.22. The Labute approximate surface area is 108 Å². The molecule has 2 aromatic rings. The van der Waals surface area contributed by atoms with Crippen LogP contribution in [-0.4, -0.2) is 15.6 Å². The number of rotatable bonds is 3. The molecule has 0 amide bonds. The molecule has 4 nitrogen and oxygen atoms in total. The third kappa shape index (κ3) is 2.22. The summed E-state index contributed by atoms with van der Waals surface area (Å²) < 4.78 is 15.0. The first-order valence-corrected chi connectivity index (χ1v) is 5.62. The summed E-state index contributed by atoms with van der Waals surface area (Å²) in [5.74, 6) is -0.598.